The van der Waals surface area contributed by atoms with Crippen molar-refractivity contribution in [3.63, 3.8) is 0 Å². The molecular formula is C7H14O5. The lowest BCUT2D eigenvalue weighted by Gasteiger charge is -2.36. The van der Waals surface area contributed by atoms with Gasteiger partial charge in [0.15, 0.2) is 0 Å². The van der Waals surface area contributed by atoms with E-state index in [-0.39, 0.29) is 12.7 Å². The van der Waals surface area contributed by atoms with Gasteiger partial charge in [-0.3, -0.25) is 0 Å². The fourth-order valence-electron chi connectivity index (χ4n) is 1.09. The lowest BCUT2D eigenvalue weighted by molar-refractivity contribution is -0.345. The van der Waals surface area contributed by atoms with Gasteiger partial charge in [0.1, 0.15) is 6.10 Å². The van der Waals surface area contributed by atoms with Crippen LogP contribution >= 0.6 is 0 Å². The molecule has 1 saturated heterocycles. The Morgan fingerprint density at radius 2 is 2.08 bits per heavy atom. The molecule has 1 fully saturated rings. The van der Waals surface area contributed by atoms with Crippen molar-refractivity contribution in [3.8, 4) is 0 Å². The molecule has 1 heterocycles. The fraction of sp³-hybridized carbons (Fsp3) is 1.00. The molecule has 0 aromatic rings. The van der Waals surface area contributed by atoms with Crippen LogP contribution in [0.1, 0.15) is 6.92 Å². The van der Waals surface area contributed by atoms with Gasteiger partial charge in [-0.05, 0) is 6.92 Å². The Morgan fingerprint density at radius 1 is 1.42 bits per heavy atom. The van der Waals surface area contributed by atoms with Gasteiger partial charge in [0, 0.05) is 7.11 Å². The second-order valence-corrected chi connectivity index (χ2v) is 2.69. The molecule has 0 bridgehead atoms. The fourth-order valence-corrected chi connectivity index (χ4v) is 1.09. The number of ether oxygens (including phenoxy) is 3. The van der Waals surface area contributed by atoms with Gasteiger partial charge in [-0.25, -0.2) is 0 Å². The van der Waals surface area contributed by atoms with E-state index in [0.717, 1.165) is 0 Å². The molecule has 0 aromatic heterocycles. The van der Waals surface area contributed by atoms with Crippen LogP contribution in [0.2, 0.25) is 0 Å². The minimum atomic E-state index is -1.08. The van der Waals surface area contributed by atoms with Crippen LogP contribution in [0.3, 0.4) is 0 Å². The van der Waals surface area contributed by atoms with E-state index in [9.17, 15) is 5.11 Å². The molecule has 2 unspecified atom stereocenters. The first-order valence-electron chi connectivity index (χ1n) is 3.81. The second-order valence-electron chi connectivity index (χ2n) is 2.69. The predicted molar refractivity (Wildman–Crippen MR) is 39.3 cm³/mol. The largest absolute Gasteiger partial charge is 0.394 e. The quantitative estimate of drug-likeness (QED) is 0.572. The minimum Gasteiger partial charge on any atom is -0.394 e. The Morgan fingerprint density at radius 3 is 2.58 bits per heavy atom. The van der Waals surface area contributed by atoms with Crippen LogP contribution in [0.5, 0.6) is 0 Å². The first kappa shape index (κ1) is 9.88. The van der Waals surface area contributed by atoms with Crippen LogP contribution in [0.15, 0.2) is 0 Å². The molecule has 12 heavy (non-hydrogen) atoms. The molecule has 5 heteroatoms. The van der Waals surface area contributed by atoms with Crippen molar-refractivity contribution < 1.29 is 24.4 Å². The Labute approximate surface area is 70.9 Å². The molecule has 0 radical (unpaired) electrons. The Hall–Kier alpha value is -0.200. The third kappa shape index (κ3) is 1.94. The highest BCUT2D eigenvalue weighted by Gasteiger charge is 2.35. The van der Waals surface area contributed by atoms with E-state index in [0.29, 0.717) is 0 Å². The average molecular weight is 178 g/mol. The molecule has 2 N–H and O–H groups in total. The molecule has 0 amide bonds. The normalized spacial score (nSPS) is 43.0. The number of hydrogen-bond donors (Lipinski definition) is 2. The van der Waals surface area contributed by atoms with E-state index in [2.05, 4.69) is 0 Å². The molecule has 72 valence electrons. The van der Waals surface area contributed by atoms with Crippen molar-refractivity contribution in [2.45, 2.75) is 31.7 Å². The molecule has 0 aliphatic carbocycles. The Balaban J connectivity index is 2.50. The van der Waals surface area contributed by atoms with Gasteiger partial charge in [-0.2, -0.15) is 0 Å². The van der Waals surface area contributed by atoms with E-state index < -0.39 is 18.7 Å². The van der Waals surface area contributed by atoms with Gasteiger partial charge in [0.25, 0.3) is 0 Å². The van der Waals surface area contributed by atoms with Gasteiger partial charge >= 0.3 is 0 Å². The topological polar surface area (TPSA) is 68.2 Å². The lowest BCUT2D eigenvalue weighted by Crippen LogP contribution is -2.50. The zero-order valence-corrected chi connectivity index (χ0v) is 7.14. The maximum atomic E-state index is 9.20. The number of aliphatic hydroxyl groups is 2. The van der Waals surface area contributed by atoms with Crippen molar-refractivity contribution in [1.82, 2.24) is 0 Å². The SMILES string of the molecule is CO[C@H]1OC(CO)[C@H](C)OC1O. The Kier molecular flexibility index (Phi) is 3.42. The molecule has 5 nitrogen and oxygen atoms in total. The summed E-state index contributed by atoms with van der Waals surface area (Å²) in [5.41, 5.74) is 0. The standard InChI is InChI=1S/C7H14O5/c1-4-5(3-8)12-7(10-2)6(9)11-4/h4-9H,3H2,1-2H3/t4-,5?,6?,7-/m0/s1. The summed E-state index contributed by atoms with van der Waals surface area (Å²) in [6.45, 7) is 1.57. The van der Waals surface area contributed by atoms with Crippen molar-refractivity contribution >= 4 is 0 Å². The summed E-state index contributed by atoms with van der Waals surface area (Å²) < 4.78 is 15.0. The van der Waals surface area contributed by atoms with E-state index >= 15 is 0 Å². The van der Waals surface area contributed by atoms with Gasteiger partial charge in [-0.15, -0.1) is 0 Å². The second kappa shape index (κ2) is 4.15. The number of rotatable bonds is 2. The Bertz CT molecular complexity index is 126. The average Bonchev–Trinajstić information content (AvgIpc) is 2.05. The monoisotopic (exact) mass is 178 g/mol. The zero-order valence-electron chi connectivity index (χ0n) is 7.14. The highest BCUT2D eigenvalue weighted by atomic mass is 16.8. The number of aliphatic hydroxyl groups excluding tert-OH is 2. The number of methoxy groups -OCH3 is 1. The predicted octanol–water partition coefficient (Wildman–Crippen LogP) is -0.927. The molecule has 0 saturated carbocycles. The van der Waals surface area contributed by atoms with Crippen LogP contribution in [0.4, 0.5) is 0 Å². The summed E-state index contributed by atoms with van der Waals surface area (Å²) in [4.78, 5) is 0. The third-order valence-electron chi connectivity index (χ3n) is 1.83. The van der Waals surface area contributed by atoms with Gasteiger partial charge < -0.3 is 24.4 Å². The molecular weight excluding hydrogens is 164 g/mol. The molecule has 0 aromatic carbocycles. The minimum absolute atomic E-state index is 0.145. The third-order valence-corrected chi connectivity index (χ3v) is 1.83. The van der Waals surface area contributed by atoms with Gasteiger partial charge in [0.05, 0.1) is 12.7 Å². The molecule has 4 atom stereocenters. The highest BCUT2D eigenvalue weighted by molar-refractivity contribution is 4.72. The summed E-state index contributed by atoms with van der Waals surface area (Å²) in [6.07, 6.45) is -2.64. The van der Waals surface area contributed by atoms with E-state index in [4.69, 9.17) is 19.3 Å². The van der Waals surface area contributed by atoms with Crippen molar-refractivity contribution in [2.24, 2.45) is 0 Å². The summed E-state index contributed by atoms with van der Waals surface area (Å²) >= 11 is 0. The molecule has 1 rings (SSSR count). The van der Waals surface area contributed by atoms with Crippen molar-refractivity contribution in [3.05, 3.63) is 0 Å². The highest BCUT2D eigenvalue weighted by Crippen LogP contribution is 2.18. The first-order valence-corrected chi connectivity index (χ1v) is 3.81. The van der Waals surface area contributed by atoms with Crippen LogP contribution in [-0.2, 0) is 14.2 Å². The summed E-state index contributed by atoms with van der Waals surface area (Å²) in [5.74, 6) is 0. The maximum absolute atomic E-state index is 9.20. The van der Waals surface area contributed by atoms with Gasteiger partial charge in [0.2, 0.25) is 12.6 Å². The summed E-state index contributed by atoms with van der Waals surface area (Å²) in [5, 5.41) is 18.0. The number of hydrogen-bond acceptors (Lipinski definition) is 5. The lowest BCUT2D eigenvalue weighted by atomic mass is 10.2. The van der Waals surface area contributed by atoms with E-state index in [1.807, 2.05) is 0 Å². The van der Waals surface area contributed by atoms with E-state index in [1.165, 1.54) is 7.11 Å². The summed E-state index contributed by atoms with van der Waals surface area (Å²) in [7, 11) is 1.40. The van der Waals surface area contributed by atoms with Crippen molar-refractivity contribution in [2.75, 3.05) is 13.7 Å². The molecule has 1 aliphatic heterocycles. The summed E-state index contributed by atoms with van der Waals surface area (Å²) in [6, 6.07) is 0. The van der Waals surface area contributed by atoms with Crippen LogP contribution in [0.25, 0.3) is 0 Å². The molecule has 1 aliphatic rings. The molecule has 0 spiro atoms. The van der Waals surface area contributed by atoms with E-state index in [1.54, 1.807) is 6.92 Å². The van der Waals surface area contributed by atoms with Crippen LogP contribution < -0.4 is 0 Å². The van der Waals surface area contributed by atoms with Crippen LogP contribution in [0, 0.1) is 0 Å². The maximum Gasteiger partial charge on any atom is 0.209 e. The smallest absolute Gasteiger partial charge is 0.209 e. The van der Waals surface area contributed by atoms with Crippen molar-refractivity contribution in [1.29, 1.82) is 0 Å². The zero-order chi connectivity index (χ0) is 9.14. The van der Waals surface area contributed by atoms with Crippen LogP contribution in [-0.4, -0.2) is 48.7 Å². The van der Waals surface area contributed by atoms with Gasteiger partial charge in [-0.1, -0.05) is 0 Å². The first-order chi connectivity index (χ1) is 5.69.